The molecule has 11 heteroatoms. The van der Waals surface area contributed by atoms with Crippen LogP contribution in [0.25, 0.3) is 23.1 Å². The smallest absolute Gasteiger partial charge is 0.340 e. The van der Waals surface area contributed by atoms with Gasteiger partial charge in [0.05, 0.1) is 31.8 Å². The molecule has 13 unspecified atom stereocenters. The second kappa shape index (κ2) is 23.3. The number of rotatable bonds is 9. The topological polar surface area (TPSA) is 162 Å². The van der Waals surface area contributed by atoms with Crippen LogP contribution in [-0.2, 0) is 55.1 Å². The number of carbonyl (C=O) groups is 2. The number of hydrogen-bond donors (Lipinski definition) is 3. The van der Waals surface area contributed by atoms with Gasteiger partial charge in [0.2, 0.25) is 0 Å². The van der Waals surface area contributed by atoms with Crippen LogP contribution in [-0.4, -0.2) is 65.9 Å². The monoisotopic (exact) mass is 1190 g/mol. The fourth-order valence-corrected chi connectivity index (χ4v) is 18.8. The van der Waals surface area contributed by atoms with Gasteiger partial charge in [0.25, 0.3) is 0 Å². The average Bonchev–Trinajstić information content (AvgIpc) is 1.26. The summed E-state index contributed by atoms with van der Waals surface area (Å²) in [6.07, 6.45) is 20.4. The fraction of sp³-hybridized carbons (Fsp3) is 0.423. The van der Waals surface area contributed by atoms with E-state index in [0.29, 0.717) is 60.5 Å². The molecular weight excluding hydrogens is 1110 g/mol. The predicted molar refractivity (Wildman–Crippen MR) is 341 cm³/mol. The maximum atomic E-state index is 16.1. The van der Waals surface area contributed by atoms with Crippen LogP contribution in [0, 0.1) is 41.4 Å². The minimum atomic E-state index is -1.45. The average molecular weight is 1190 g/mol. The summed E-state index contributed by atoms with van der Waals surface area (Å²) in [4.78, 5) is 46.6. The summed E-state index contributed by atoms with van der Waals surface area (Å²) in [5.74, 6) is 6.15. The molecule has 3 N–H and O–H groups in total. The number of allylic oxidation sites excluding steroid dienone is 4. The van der Waals surface area contributed by atoms with Gasteiger partial charge in [-0.3, -0.25) is 4.79 Å². The number of benzene rings is 5. The molecule has 0 saturated heterocycles. The summed E-state index contributed by atoms with van der Waals surface area (Å²) in [6, 6.07) is 34.7. The van der Waals surface area contributed by atoms with Crippen molar-refractivity contribution < 1.29 is 48.3 Å². The van der Waals surface area contributed by atoms with Crippen LogP contribution in [0.3, 0.4) is 0 Å². The highest BCUT2D eigenvalue weighted by molar-refractivity contribution is 5.91. The van der Waals surface area contributed by atoms with Gasteiger partial charge in [-0.1, -0.05) is 140 Å². The van der Waals surface area contributed by atoms with E-state index < -0.39 is 47.9 Å². The van der Waals surface area contributed by atoms with Gasteiger partial charge in [0, 0.05) is 72.2 Å². The summed E-state index contributed by atoms with van der Waals surface area (Å²) in [7, 11) is 1.52. The molecule has 6 aliphatic carbocycles. The molecule has 2 saturated carbocycles. The third-order valence-corrected chi connectivity index (χ3v) is 22.7. The summed E-state index contributed by atoms with van der Waals surface area (Å²) >= 11 is 0. The third-order valence-electron chi connectivity index (χ3n) is 22.7. The normalized spacial score (nSPS) is 30.4. The summed E-state index contributed by atoms with van der Waals surface area (Å²) < 4.78 is 34.1. The number of aliphatic hydroxyl groups is 3. The van der Waals surface area contributed by atoms with Crippen molar-refractivity contribution in [2.24, 2.45) is 29.6 Å². The molecule has 456 valence electrons. The summed E-state index contributed by atoms with van der Waals surface area (Å²) in [6.45, 7) is 0.637. The van der Waals surface area contributed by atoms with Crippen molar-refractivity contribution in [3.05, 3.63) is 215 Å². The minimum absolute atomic E-state index is 0.00452. The second-order valence-corrected chi connectivity index (χ2v) is 27.0. The number of methoxy groups -OCH3 is 1. The zero-order valence-corrected chi connectivity index (χ0v) is 50.9. The number of carbonyl (C=O) groups excluding carboxylic acids is 2. The molecule has 3 aliphatic heterocycles. The molecular formula is C78H78O11. The van der Waals surface area contributed by atoms with E-state index >= 15 is 9.59 Å². The predicted octanol–water partition coefficient (Wildman–Crippen LogP) is 13.3. The van der Waals surface area contributed by atoms with Gasteiger partial charge in [0.1, 0.15) is 11.3 Å². The Morgan fingerprint density at radius 2 is 1.61 bits per heavy atom. The van der Waals surface area contributed by atoms with Crippen LogP contribution in [0.1, 0.15) is 180 Å². The lowest BCUT2D eigenvalue weighted by atomic mass is 9.48. The minimum Gasteiger partial charge on any atom is -0.481 e. The van der Waals surface area contributed by atoms with Crippen LogP contribution in [0.2, 0.25) is 0 Å². The van der Waals surface area contributed by atoms with Gasteiger partial charge in [-0.2, -0.15) is 0 Å². The van der Waals surface area contributed by atoms with Crippen LogP contribution in [0.4, 0.5) is 0 Å². The third kappa shape index (κ3) is 9.48. The number of ether oxygens (including phenoxy) is 4. The maximum Gasteiger partial charge on any atom is 0.340 e. The van der Waals surface area contributed by atoms with Gasteiger partial charge in [-0.15, -0.1) is 0 Å². The van der Waals surface area contributed by atoms with Crippen LogP contribution < -0.4 is 10.4 Å². The first kappa shape index (κ1) is 57.8. The number of hydrogen-bond acceptors (Lipinski definition) is 11. The van der Waals surface area contributed by atoms with E-state index in [0.717, 1.165) is 41.5 Å². The zero-order chi connectivity index (χ0) is 60.7. The first-order chi connectivity index (χ1) is 43.5. The molecule has 1 spiro atoms. The Morgan fingerprint density at radius 3 is 2.46 bits per heavy atom. The first-order valence-corrected chi connectivity index (χ1v) is 32.7. The first-order valence-electron chi connectivity index (χ1n) is 32.7. The van der Waals surface area contributed by atoms with Crippen LogP contribution >= 0.6 is 0 Å². The van der Waals surface area contributed by atoms with E-state index in [4.69, 9.17) is 23.4 Å². The Labute approximate surface area is 520 Å². The lowest BCUT2D eigenvalue weighted by Gasteiger charge is -2.55. The molecule has 5 aromatic carbocycles. The Morgan fingerprint density at radius 1 is 0.775 bits per heavy atom. The summed E-state index contributed by atoms with van der Waals surface area (Å²) in [5, 5.41) is 32.9. The number of esters is 2. The molecule has 6 aromatic rings. The largest absolute Gasteiger partial charge is 0.481 e. The van der Waals surface area contributed by atoms with E-state index in [2.05, 4.69) is 133 Å². The van der Waals surface area contributed by atoms with Crippen molar-refractivity contribution in [2.75, 3.05) is 26.9 Å². The highest BCUT2D eigenvalue weighted by atomic mass is 16.6. The Bertz CT molecular complexity index is 4090. The number of fused-ring (bicyclic) bond motifs is 14. The quantitative estimate of drug-likeness (QED) is 0.0415. The van der Waals surface area contributed by atoms with E-state index in [1.54, 1.807) is 19.1 Å². The van der Waals surface area contributed by atoms with E-state index in [9.17, 15) is 20.1 Å². The summed E-state index contributed by atoms with van der Waals surface area (Å²) in [5.41, 5.74) is 11.7. The standard InChI is InChI=1S/C78H78O11/c1-45(42-80)57-28-20-46-21-29-60-49(37-46)13-7-8-35-77(56-39-51-23-22-47-11-3-5-16-58(47)64(51)41-56)74(88-75(57)83)73(71-68(89-77)33-32-63-65(43-81)70(76(84)87-72(63)71)52(34-36-79)44-85-2)86-69(82)40-53-38-50(25-30-61(53)60)59-17-10-19-67-62(59)31-27-55-15-9-14-54-26-24-48-12-4-6-18-66(48)78(54,55)67/h3-6,10-12,16-19,21-26,29-30,32-33,37,50-56,61,64,73-74,79-81H,9,13-15,20,27-28,31,34-36,38-44H2,1-2H3. The Balaban J connectivity index is 0.917. The fourth-order valence-electron chi connectivity index (χ4n) is 18.8. The molecule has 1 aromatic heterocycles. The van der Waals surface area contributed by atoms with Crippen LogP contribution in [0.5, 0.6) is 5.75 Å². The highest BCUT2D eigenvalue weighted by Gasteiger charge is 2.62. The molecule has 15 rings (SSSR count). The Kier molecular flexibility index (Phi) is 15.2. The molecule has 11 nitrogen and oxygen atoms in total. The van der Waals surface area contributed by atoms with Crippen molar-refractivity contribution in [1.82, 2.24) is 0 Å². The van der Waals surface area contributed by atoms with Crippen molar-refractivity contribution in [3.63, 3.8) is 0 Å². The maximum absolute atomic E-state index is 16.1. The van der Waals surface area contributed by atoms with E-state index in [1.165, 1.54) is 53.3 Å². The van der Waals surface area contributed by atoms with Crippen molar-refractivity contribution >= 4 is 35.1 Å². The molecule has 0 amide bonds. The SMILES string of the molecule is COCC(CCO)c1c(CO)c2ccc3c(c2oc1=O)C1OC(=O)CC2CC(c4cccc5c4CCC4CCCC6C=Cc7ccccc7C564)C=CC2c2ccc4cc2CC#CCC(C2CC5C=Cc6ccccc6C5C2)(O3)C1OC(=O)C(=C(C)CO)CC4. The van der Waals surface area contributed by atoms with Crippen molar-refractivity contribution in [2.45, 2.75) is 150 Å². The highest BCUT2D eigenvalue weighted by Crippen LogP contribution is 2.62. The lowest BCUT2D eigenvalue weighted by molar-refractivity contribution is -0.202. The van der Waals surface area contributed by atoms with Crippen molar-refractivity contribution in [1.29, 1.82) is 0 Å². The molecule has 2 fully saturated rings. The Hall–Kier alpha value is -7.59. The van der Waals surface area contributed by atoms with Gasteiger partial charge in [-0.25, -0.2) is 9.59 Å². The number of aryl methyl sites for hydroxylation is 1. The van der Waals surface area contributed by atoms with E-state index in [1.807, 2.05) is 0 Å². The van der Waals surface area contributed by atoms with Gasteiger partial charge < -0.3 is 38.7 Å². The van der Waals surface area contributed by atoms with Crippen LogP contribution in [0.15, 0.2) is 142 Å². The van der Waals surface area contributed by atoms with Crippen molar-refractivity contribution in [3.8, 4) is 17.6 Å². The molecule has 0 radical (unpaired) electrons. The molecule has 13 atom stereocenters. The zero-order valence-electron chi connectivity index (χ0n) is 50.9. The van der Waals surface area contributed by atoms with Gasteiger partial charge in [-0.05, 0) is 180 Å². The van der Waals surface area contributed by atoms with Gasteiger partial charge in [0.15, 0.2) is 17.8 Å². The number of aliphatic hydroxyl groups excluding tert-OH is 3. The van der Waals surface area contributed by atoms with Gasteiger partial charge >= 0.3 is 17.6 Å². The molecule has 4 heterocycles. The second-order valence-electron chi connectivity index (χ2n) is 27.0. The van der Waals surface area contributed by atoms with E-state index in [-0.39, 0.29) is 114 Å². The lowest BCUT2D eigenvalue weighted by Crippen LogP contribution is -2.60. The molecule has 9 aliphatic rings. The molecule has 5 bridgehead atoms. The molecule has 89 heavy (non-hydrogen) atoms.